The van der Waals surface area contributed by atoms with Crippen molar-refractivity contribution in [3.63, 3.8) is 0 Å². The van der Waals surface area contributed by atoms with Gasteiger partial charge in [0.15, 0.2) is 0 Å². The highest BCUT2D eigenvalue weighted by Gasteiger charge is 2.10. The third-order valence-corrected chi connectivity index (χ3v) is 4.08. The van der Waals surface area contributed by atoms with Crippen molar-refractivity contribution in [2.75, 3.05) is 0 Å². The predicted octanol–water partition coefficient (Wildman–Crippen LogP) is 4.66. The summed E-state index contributed by atoms with van der Waals surface area (Å²) in [5.41, 5.74) is 0.937. The second-order valence-corrected chi connectivity index (χ2v) is 7.42. The van der Waals surface area contributed by atoms with E-state index in [0.717, 1.165) is 17.9 Å². The molecule has 0 spiro atoms. The number of halogens is 1. The van der Waals surface area contributed by atoms with Gasteiger partial charge in [0.05, 0.1) is 0 Å². The number of nitrogens with one attached hydrogen (secondary N) is 1. The highest BCUT2D eigenvalue weighted by Crippen LogP contribution is 2.22. The molecular formula is C17H22FNOS. The van der Waals surface area contributed by atoms with Gasteiger partial charge in [0.2, 0.25) is 0 Å². The maximum atomic E-state index is 13.0. The van der Waals surface area contributed by atoms with E-state index >= 15 is 0 Å². The lowest BCUT2D eigenvalue weighted by atomic mass is 10.1. The van der Waals surface area contributed by atoms with Crippen LogP contribution in [0, 0.1) is 12.7 Å². The van der Waals surface area contributed by atoms with Crippen molar-refractivity contribution < 1.29 is 9.13 Å². The van der Waals surface area contributed by atoms with Gasteiger partial charge in [0, 0.05) is 21.8 Å². The van der Waals surface area contributed by atoms with Crippen LogP contribution in [0.1, 0.15) is 36.1 Å². The van der Waals surface area contributed by atoms with Crippen LogP contribution in [-0.4, -0.2) is 5.54 Å². The summed E-state index contributed by atoms with van der Waals surface area (Å²) in [5.74, 6) is 0.505. The van der Waals surface area contributed by atoms with E-state index in [-0.39, 0.29) is 11.4 Å². The Morgan fingerprint density at radius 2 is 1.86 bits per heavy atom. The maximum Gasteiger partial charge on any atom is 0.123 e. The molecule has 1 N–H and O–H groups in total. The van der Waals surface area contributed by atoms with E-state index in [2.05, 4.69) is 38.2 Å². The molecule has 21 heavy (non-hydrogen) atoms. The Hall–Kier alpha value is -1.39. The van der Waals surface area contributed by atoms with Gasteiger partial charge in [-0.3, -0.25) is 0 Å². The third-order valence-electron chi connectivity index (χ3n) is 3.02. The molecule has 0 fully saturated rings. The fourth-order valence-electron chi connectivity index (χ4n) is 1.87. The number of benzene rings is 1. The van der Waals surface area contributed by atoms with Gasteiger partial charge in [0.25, 0.3) is 0 Å². The molecule has 1 heterocycles. The quantitative estimate of drug-likeness (QED) is 0.867. The van der Waals surface area contributed by atoms with E-state index in [4.69, 9.17) is 4.74 Å². The lowest BCUT2D eigenvalue weighted by Gasteiger charge is -2.19. The van der Waals surface area contributed by atoms with Crippen molar-refractivity contribution in [3.05, 3.63) is 51.5 Å². The van der Waals surface area contributed by atoms with Crippen molar-refractivity contribution >= 4 is 11.3 Å². The molecule has 2 aromatic rings. The van der Waals surface area contributed by atoms with Gasteiger partial charge in [-0.25, -0.2) is 4.39 Å². The van der Waals surface area contributed by atoms with E-state index in [1.165, 1.54) is 21.9 Å². The van der Waals surface area contributed by atoms with Crippen LogP contribution in [0.4, 0.5) is 4.39 Å². The number of ether oxygens (including phenoxy) is 1. The largest absolute Gasteiger partial charge is 0.488 e. The minimum Gasteiger partial charge on any atom is -0.488 e. The molecule has 0 aliphatic carbocycles. The molecule has 0 atom stereocenters. The first-order valence-electron chi connectivity index (χ1n) is 7.05. The molecule has 1 aromatic carbocycles. The van der Waals surface area contributed by atoms with Crippen LogP contribution < -0.4 is 10.1 Å². The Morgan fingerprint density at radius 1 is 1.14 bits per heavy atom. The van der Waals surface area contributed by atoms with Gasteiger partial charge in [-0.2, -0.15) is 0 Å². The number of hydrogen-bond donors (Lipinski definition) is 1. The van der Waals surface area contributed by atoms with E-state index in [9.17, 15) is 4.39 Å². The molecule has 0 bridgehead atoms. The van der Waals surface area contributed by atoms with Crippen LogP contribution in [0.2, 0.25) is 0 Å². The fourth-order valence-corrected chi connectivity index (χ4v) is 2.74. The van der Waals surface area contributed by atoms with E-state index in [1.54, 1.807) is 17.4 Å². The van der Waals surface area contributed by atoms with Gasteiger partial charge in [0.1, 0.15) is 18.2 Å². The average Bonchev–Trinajstić information content (AvgIpc) is 2.82. The lowest BCUT2D eigenvalue weighted by Crippen LogP contribution is -2.34. The smallest absolute Gasteiger partial charge is 0.123 e. The van der Waals surface area contributed by atoms with E-state index in [0.29, 0.717) is 6.61 Å². The average molecular weight is 307 g/mol. The van der Waals surface area contributed by atoms with Gasteiger partial charge >= 0.3 is 0 Å². The first-order chi connectivity index (χ1) is 9.83. The first-order valence-corrected chi connectivity index (χ1v) is 7.87. The summed E-state index contributed by atoms with van der Waals surface area (Å²) < 4.78 is 18.8. The molecule has 2 rings (SSSR count). The highest BCUT2D eigenvalue weighted by molar-refractivity contribution is 7.11. The van der Waals surface area contributed by atoms with Crippen molar-refractivity contribution in [2.24, 2.45) is 0 Å². The zero-order valence-electron chi connectivity index (χ0n) is 13.0. The molecule has 0 amide bonds. The zero-order chi connectivity index (χ0) is 15.5. The Bertz CT molecular complexity index is 601. The van der Waals surface area contributed by atoms with Crippen molar-refractivity contribution in [2.45, 2.75) is 46.4 Å². The Balaban J connectivity index is 1.90. The molecule has 4 heteroatoms. The molecule has 0 radical (unpaired) electrons. The Labute approximate surface area is 130 Å². The van der Waals surface area contributed by atoms with Crippen LogP contribution in [0.15, 0.2) is 30.3 Å². The Morgan fingerprint density at radius 3 is 2.52 bits per heavy atom. The third kappa shape index (κ3) is 5.14. The normalized spacial score (nSPS) is 11.7. The van der Waals surface area contributed by atoms with Crippen LogP contribution >= 0.6 is 11.3 Å². The summed E-state index contributed by atoms with van der Waals surface area (Å²) in [4.78, 5) is 2.46. The summed E-state index contributed by atoms with van der Waals surface area (Å²) >= 11 is 1.74. The molecule has 1 aromatic heterocycles. The van der Waals surface area contributed by atoms with E-state index in [1.807, 2.05) is 6.92 Å². The monoisotopic (exact) mass is 307 g/mol. The SMILES string of the molecule is Cc1cc(F)ccc1OCc1ccc(CNC(C)(C)C)s1. The minimum absolute atomic E-state index is 0.117. The number of rotatable bonds is 5. The number of thiophene rings is 1. The summed E-state index contributed by atoms with van der Waals surface area (Å²) in [7, 11) is 0. The molecule has 114 valence electrons. The number of aryl methyl sites for hydroxylation is 1. The standard InChI is InChI=1S/C17H22FNOS/c1-12-9-13(18)5-8-16(12)20-11-15-7-6-14(21-15)10-19-17(2,3)4/h5-9,19H,10-11H2,1-4H3. The zero-order valence-corrected chi connectivity index (χ0v) is 13.8. The Kier molecular flexibility index (Phi) is 5.01. The van der Waals surface area contributed by atoms with Crippen molar-refractivity contribution in [1.82, 2.24) is 5.32 Å². The van der Waals surface area contributed by atoms with Crippen molar-refractivity contribution in [1.29, 1.82) is 0 Å². The topological polar surface area (TPSA) is 21.3 Å². The van der Waals surface area contributed by atoms with Gasteiger partial charge < -0.3 is 10.1 Å². The maximum absolute atomic E-state index is 13.0. The second kappa shape index (κ2) is 6.58. The molecule has 0 unspecified atom stereocenters. The van der Waals surface area contributed by atoms with Crippen molar-refractivity contribution in [3.8, 4) is 5.75 Å². The van der Waals surface area contributed by atoms with E-state index < -0.39 is 0 Å². The molecule has 0 saturated heterocycles. The summed E-state index contributed by atoms with van der Waals surface area (Å²) in [6, 6.07) is 8.81. The summed E-state index contributed by atoms with van der Waals surface area (Å²) in [6.45, 7) is 9.70. The van der Waals surface area contributed by atoms with Crippen LogP contribution in [0.25, 0.3) is 0 Å². The second-order valence-electron chi connectivity index (χ2n) is 6.17. The van der Waals surface area contributed by atoms with Crippen LogP contribution in [0.5, 0.6) is 5.75 Å². The number of hydrogen-bond acceptors (Lipinski definition) is 3. The van der Waals surface area contributed by atoms with Gasteiger partial charge in [-0.05, 0) is 63.6 Å². The minimum atomic E-state index is -0.230. The lowest BCUT2D eigenvalue weighted by molar-refractivity contribution is 0.307. The van der Waals surface area contributed by atoms with Gasteiger partial charge in [-0.15, -0.1) is 11.3 Å². The van der Waals surface area contributed by atoms with Crippen LogP contribution in [-0.2, 0) is 13.2 Å². The molecule has 2 nitrogen and oxygen atoms in total. The molecule has 0 saturated carbocycles. The summed E-state index contributed by atoms with van der Waals surface area (Å²) in [6.07, 6.45) is 0. The molecule has 0 aliphatic heterocycles. The van der Waals surface area contributed by atoms with Crippen LogP contribution in [0.3, 0.4) is 0 Å². The highest BCUT2D eigenvalue weighted by atomic mass is 32.1. The summed E-state index contributed by atoms with van der Waals surface area (Å²) in [5, 5.41) is 3.47. The predicted molar refractivity (Wildman–Crippen MR) is 86.4 cm³/mol. The first kappa shape index (κ1) is 16.0. The molecule has 0 aliphatic rings. The molecular weight excluding hydrogens is 285 g/mol. The fraction of sp³-hybridized carbons (Fsp3) is 0.412. The van der Waals surface area contributed by atoms with Gasteiger partial charge in [-0.1, -0.05) is 0 Å².